The van der Waals surface area contributed by atoms with Gasteiger partial charge in [0, 0.05) is 0 Å². The molecule has 1 saturated carbocycles. The summed E-state index contributed by atoms with van der Waals surface area (Å²) in [6.07, 6.45) is 8.06. The van der Waals surface area contributed by atoms with Gasteiger partial charge in [-0.2, -0.15) is 0 Å². The number of anilines is 1. The Kier molecular flexibility index (Phi) is 4.44. The lowest BCUT2D eigenvalue weighted by Gasteiger charge is -2.23. The normalized spacial score (nSPS) is 20.3. The highest BCUT2D eigenvalue weighted by Crippen LogP contribution is 2.34. The van der Waals surface area contributed by atoms with E-state index in [-0.39, 0.29) is 12.5 Å². The zero-order chi connectivity index (χ0) is 14.7. The summed E-state index contributed by atoms with van der Waals surface area (Å²) in [5.41, 5.74) is 1.52. The van der Waals surface area contributed by atoms with E-state index in [2.05, 4.69) is 5.32 Å². The molecular weight excluding hydrogens is 266 g/mol. The first-order valence-electron chi connectivity index (χ1n) is 7.97. The minimum atomic E-state index is -0.462. The highest BCUT2D eigenvalue weighted by Gasteiger charge is 2.19. The number of carbonyl (C=O) groups excluding carboxylic acids is 1. The van der Waals surface area contributed by atoms with Crippen molar-refractivity contribution in [3.8, 4) is 5.75 Å². The first-order valence-corrected chi connectivity index (χ1v) is 7.97. The van der Waals surface area contributed by atoms with Crippen LogP contribution in [0.25, 0.3) is 0 Å². The number of amides is 1. The van der Waals surface area contributed by atoms with E-state index >= 15 is 0 Å². The van der Waals surface area contributed by atoms with E-state index in [0.717, 1.165) is 24.3 Å². The molecule has 1 aliphatic heterocycles. The third-order valence-corrected chi connectivity index (χ3v) is 4.59. The highest BCUT2D eigenvalue weighted by molar-refractivity contribution is 5.95. The number of benzene rings is 1. The van der Waals surface area contributed by atoms with Gasteiger partial charge < -0.3 is 15.2 Å². The van der Waals surface area contributed by atoms with Crippen molar-refractivity contribution in [1.29, 1.82) is 0 Å². The van der Waals surface area contributed by atoms with Crippen molar-refractivity contribution in [2.24, 2.45) is 5.92 Å². The first-order chi connectivity index (χ1) is 10.2. The van der Waals surface area contributed by atoms with E-state index < -0.39 is 6.10 Å². The number of rotatable bonds is 4. The van der Waals surface area contributed by atoms with Crippen LogP contribution in [0.1, 0.15) is 56.6 Å². The molecule has 3 rings (SSSR count). The summed E-state index contributed by atoms with van der Waals surface area (Å²) < 4.78 is 5.33. The number of hydrogen-bond acceptors (Lipinski definition) is 3. The van der Waals surface area contributed by atoms with Gasteiger partial charge in [-0.25, -0.2) is 0 Å². The van der Waals surface area contributed by atoms with Gasteiger partial charge in [0.25, 0.3) is 5.91 Å². The predicted molar refractivity (Wildman–Crippen MR) is 81.3 cm³/mol. The lowest BCUT2D eigenvalue weighted by atomic mass is 9.85. The van der Waals surface area contributed by atoms with Gasteiger partial charge in [0.1, 0.15) is 5.75 Å². The number of carbonyl (C=O) groups is 1. The largest absolute Gasteiger partial charge is 0.482 e. The molecule has 1 fully saturated rings. The van der Waals surface area contributed by atoms with Crippen molar-refractivity contribution in [3.63, 3.8) is 0 Å². The predicted octanol–water partition coefficient (Wildman–Crippen LogP) is 3.41. The molecule has 21 heavy (non-hydrogen) atoms. The summed E-state index contributed by atoms with van der Waals surface area (Å²) >= 11 is 0. The van der Waals surface area contributed by atoms with Crippen LogP contribution in [0.15, 0.2) is 18.2 Å². The molecule has 1 atom stereocenters. The van der Waals surface area contributed by atoms with Crippen LogP contribution >= 0.6 is 0 Å². The molecule has 2 aliphatic rings. The molecule has 1 unspecified atom stereocenters. The van der Waals surface area contributed by atoms with Crippen LogP contribution in [0.4, 0.5) is 5.69 Å². The van der Waals surface area contributed by atoms with Crippen molar-refractivity contribution in [3.05, 3.63) is 23.8 Å². The number of hydrogen-bond donors (Lipinski definition) is 2. The second-order valence-electron chi connectivity index (χ2n) is 6.19. The molecule has 1 heterocycles. The molecule has 0 radical (unpaired) electrons. The Hall–Kier alpha value is -1.55. The van der Waals surface area contributed by atoms with E-state index in [1.165, 1.54) is 32.1 Å². The maximum Gasteiger partial charge on any atom is 0.262 e. The Morgan fingerprint density at radius 1 is 1.29 bits per heavy atom. The molecule has 1 aromatic rings. The summed E-state index contributed by atoms with van der Waals surface area (Å²) in [6, 6.07) is 5.55. The maximum absolute atomic E-state index is 11.3. The van der Waals surface area contributed by atoms with Crippen molar-refractivity contribution in [2.45, 2.75) is 51.0 Å². The number of aliphatic hydroxyl groups is 1. The van der Waals surface area contributed by atoms with Crippen molar-refractivity contribution < 1.29 is 14.6 Å². The van der Waals surface area contributed by atoms with Crippen molar-refractivity contribution in [2.75, 3.05) is 11.9 Å². The lowest BCUT2D eigenvalue weighted by Crippen LogP contribution is -2.25. The SMILES string of the molecule is O=C1COc2ccc(C(O)CCC3CCCCC3)cc2N1. The monoisotopic (exact) mass is 289 g/mol. The topological polar surface area (TPSA) is 58.6 Å². The van der Waals surface area contributed by atoms with Gasteiger partial charge in [-0.3, -0.25) is 4.79 Å². The van der Waals surface area contributed by atoms with Gasteiger partial charge in [-0.05, 0) is 36.5 Å². The van der Waals surface area contributed by atoms with Gasteiger partial charge in [0.2, 0.25) is 0 Å². The molecule has 0 bridgehead atoms. The van der Waals surface area contributed by atoms with Gasteiger partial charge in [-0.1, -0.05) is 38.2 Å². The Labute approximate surface area is 125 Å². The Morgan fingerprint density at radius 3 is 2.90 bits per heavy atom. The molecule has 1 aliphatic carbocycles. The first kappa shape index (κ1) is 14.4. The molecule has 0 saturated heterocycles. The van der Waals surface area contributed by atoms with Crippen LogP contribution in [0.3, 0.4) is 0 Å². The molecule has 0 aromatic heterocycles. The van der Waals surface area contributed by atoms with E-state index in [1.54, 1.807) is 0 Å². The van der Waals surface area contributed by atoms with E-state index in [4.69, 9.17) is 4.74 Å². The number of fused-ring (bicyclic) bond motifs is 1. The average Bonchev–Trinajstić information content (AvgIpc) is 2.53. The molecule has 4 nitrogen and oxygen atoms in total. The highest BCUT2D eigenvalue weighted by atomic mass is 16.5. The maximum atomic E-state index is 11.3. The second-order valence-corrected chi connectivity index (χ2v) is 6.19. The van der Waals surface area contributed by atoms with E-state index in [1.807, 2.05) is 18.2 Å². The zero-order valence-electron chi connectivity index (χ0n) is 12.3. The van der Waals surface area contributed by atoms with Gasteiger partial charge in [0.15, 0.2) is 6.61 Å². The van der Waals surface area contributed by atoms with Gasteiger partial charge in [-0.15, -0.1) is 0 Å². The van der Waals surface area contributed by atoms with E-state index in [0.29, 0.717) is 11.4 Å². The standard InChI is InChI=1S/C17H23NO3/c19-15(8-6-12-4-2-1-3-5-12)13-7-9-16-14(10-13)18-17(20)11-21-16/h7,9-10,12,15,19H,1-6,8,11H2,(H,18,20). The fraction of sp³-hybridized carbons (Fsp3) is 0.588. The Morgan fingerprint density at radius 2 is 2.10 bits per heavy atom. The summed E-state index contributed by atoms with van der Waals surface area (Å²) in [5.74, 6) is 1.31. The summed E-state index contributed by atoms with van der Waals surface area (Å²) in [5, 5.41) is 13.2. The van der Waals surface area contributed by atoms with Gasteiger partial charge >= 0.3 is 0 Å². The van der Waals surface area contributed by atoms with Crippen LogP contribution in [0, 0.1) is 5.92 Å². The summed E-state index contributed by atoms with van der Waals surface area (Å²) in [6.45, 7) is 0.0661. The smallest absolute Gasteiger partial charge is 0.262 e. The van der Waals surface area contributed by atoms with Crippen LogP contribution in [0.2, 0.25) is 0 Å². The number of nitrogens with one attached hydrogen (secondary N) is 1. The van der Waals surface area contributed by atoms with Crippen LogP contribution in [-0.4, -0.2) is 17.6 Å². The average molecular weight is 289 g/mol. The molecule has 1 aromatic carbocycles. The fourth-order valence-electron chi connectivity index (χ4n) is 3.34. The molecule has 2 N–H and O–H groups in total. The fourth-order valence-corrected chi connectivity index (χ4v) is 3.34. The summed E-state index contributed by atoms with van der Waals surface area (Å²) in [4.78, 5) is 11.3. The second kappa shape index (κ2) is 6.48. The molecule has 4 heteroatoms. The third-order valence-electron chi connectivity index (χ3n) is 4.59. The van der Waals surface area contributed by atoms with Gasteiger partial charge in [0.05, 0.1) is 11.8 Å². The number of ether oxygens (including phenoxy) is 1. The minimum Gasteiger partial charge on any atom is -0.482 e. The van der Waals surface area contributed by atoms with Crippen LogP contribution < -0.4 is 10.1 Å². The van der Waals surface area contributed by atoms with Crippen molar-refractivity contribution >= 4 is 11.6 Å². The third kappa shape index (κ3) is 3.56. The Balaban J connectivity index is 1.60. The minimum absolute atomic E-state index is 0.0661. The zero-order valence-corrected chi connectivity index (χ0v) is 12.3. The summed E-state index contributed by atoms with van der Waals surface area (Å²) in [7, 11) is 0. The molecular formula is C17H23NO3. The molecule has 0 spiro atoms. The van der Waals surface area contributed by atoms with E-state index in [9.17, 15) is 9.90 Å². The molecule has 114 valence electrons. The van der Waals surface area contributed by atoms with Crippen molar-refractivity contribution in [1.82, 2.24) is 0 Å². The lowest BCUT2D eigenvalue weighted by molar-refractivity contribution is -0.118. The van der Waals surface area contributed by atoms with Crippen LogP contribution in [0.5, 0.6) is 5.75 Å². The van der Waals surface area contributed by atoms with Crippen LogP contribution in [-0.2, 0) is 4.79 Å². The quantitative estimate of drug-likeness (QED) is 0.893. The Bertz CT molecular complexity index is 509. The molecule has 1 amide bonds. The number of aliphatic hydroxyl groups excluding tert-OH is 1.